The van der Waals surface area contributed by atoms with Gasteiger partial charge in [-0.2, -0.15) is 0 Å². The molecule has 0 fully saturated rings. The quantitative estimate of drug-likeness (QED) is 0.557. The molecule has 0 saturated carbocycles. The zero-order valence-electron chi connectivity index (χ0n) is 12.8. The Morgan fingerprint density at radius 1 is 1.00 bits per heavy atom. The molecule has 0 aliphatic heterocycles. The summed E-state index contributed by atoms with van der Waals surface area (Å²) in [6, 6.07) is 7.12. The van der Waals surface area contributed by atoms with Crippen LogP contribution in [-0.4, -0.2) is 33.0 Å². The Balaban J connectivity index is 2.44. The maximum Gasteiger partial charge on any atom is 0.336 e. The van der Waals surface area contributed by atoms with Gasteiger partial charge in [0.1, 0.15) is 5.69 Å². The van der Waals surface area contributed by atoms with Crippen LogP contribution in [0, 0.1) is 17.0 Å². The third-order valence-corrected chi connectivity index (χ3v) is 3.34. The Hall–Kier alpha value is -3.75. The Morgan fingerprint density at radius 2 is 1.68 bits per heavy atom. The minimum absolute atomic E-state index is 0.0979. The number of hydrogen-bond acceptors (Lipinski definition) is 5. The van der Waals surface area contributed by atoms with Crippen molar-refractivity contribution in [2.24, 2.45) is 0 Å². The molecule has 0 spiro atoms. The number of nitro benzene ring substituents is 1. The van der Waals surface area contributed by atoms with E-state index in [2.05, 4.69) is 5.32 Å². The zero-order chi connectivity index (χ0) is 18.7. The summed E-state index contributed by atoms with van der Waals surface area (Å²) in [5.74, 6) is -3.74. The van der Waals surface area contributed by atoms with Crippen LogP contribution in [0.4, 0.5) is 11.4 Å². The summed E-state index contributed by atoms with van der Waals surface area (Å²) in [6.45, 7) is 1.64. The highest BCUT2D eigenvalue weighted by molar-refractivity contribution is 6.12. The van der Waals surface area contributed by atoms with E-state index in [1.807, 2.05) is 0 Å². The Morgan fingerprint density at radius 3 is 2.24 bits per heavy atom. The number of carboxylic acids is 2. The molecule has 3 N–H and O–H groups in total. The molecule has 9 nitrogen and oxygen atoms in total. The molecule has 2 rings (SSSR count). The lowest BCUT2D eigenvalue weighted by atomic mass is 10.0. The molecule has 0 saturated heterocycles. The molecule has 0 bridgehead atoms. The third-order valence-electron chi connectivity index (χ3n) is 3.34. The van der Waals surface area contributed by atoms with Crippen molar-refractivity contribution < 1.29 is 29.5 Å². The van der Waals surface area contributed by atoms with Gasteiger partial charge < -0.3 is 15.5 Å². The van der Waals surface area contributed by atoms with Crippen molar-refractivity contribution in [2.75, 3.05) is 5.32 Å². The van der Waals surface area contributed by atoms with Gasteiger partial charge in [0.15, 0.2) is 0 Å². The van der Waals surface area contributed by atoms with Crippen molar-refractivity contribution >= 4 is 29.2 Å². The smallest absolute Gasteiger partial charge is 0.336 e. The van der Waals surface area contributed by atoms with E-state index in [0.29, 0.717) is 5.56 Å². The molecule has 9 heteroatoms. The standard InChI is InChI=1S/C16H12N2O7/c1-8-2-5-12(13(6-8)18(24)25)17-14(19)10-4-3-9(15(20)21)7-11(10)16(22)23/h2-7H,1H3,(H,17,19)(H,20,21)(H,22,23). The number of benzene rings is 2. The molecule has 128 valence electrons. The fourth-order valence-corrected chi connectivity index (χ4v) is 2.14. The van der Waals surface area contributed by atoms with Crippen molar-refractivity contribution in [3.8, 4) is 0 Å². The summed E-state index contributed by atoms with van der Waals surface area (Å²) in [5.41, 5.74) is -0.955. The van der Waals surface area contributed by atoms with Crippen LogP contribution < -0.4 is 5.32 Å². The van der Waals surface area contributed by atoms with Crippen molar-refractivity contribution in [2.45, 2.75) is 6.92 Å². The van der Waals surface area contributed by atoms with E-state index in [-0.39, 0.29) is 22.5 Å². The molecule has 0 heterocycles. The minimum atomic E-state index is -1.49. The van der Waals surface area contributed by atoms with Crippen LogP contribution in [0.15, 0.2) is 36.4 Å². The van der Waals surface area contributed by atoms with E-state index in [1.165, 1.54) is 12.1 Å². The molecular formula is C16H12N2O7. The normalized spacial score (nSPS) is 10.1. The lowest BCUT2D eigenvalue weighted by Crippen LogP contribution is -2.18. The van der Waals surface area contributed by atoms with Gasteiger partial charge in [0.05, 0.1) is 21.6 Å². The average molecular weight is 344 g/mol. The maximum atomic E-state index is 12.3. The Kier molecular flexibility index (Phi) is 4.78. The van der Waals surface area contributed by atoms with Gasteiger partial charge in [-0.05, 0) is 36.8 Å². The molecule has 2 aromatic carbocycles. The predicted octanol–water partition coefficient (Wildman–Crippen LogP) is 2.55. The molecule has 0 atom stereocenters. The number of anilines is 1. The third kappa shape index (κ3) is 3.78. The molecule has 0 aliphatic carbocycles. The number of carbonyl (C=O) groups excluding carboxylic acids is 1. The second-order valence-corrected chi connectivity index (χ2v) is 5.10. The first-order valence-corrected chi connectivity index (χ1v) is 6.87. The SMILES string of the molecule is Cc1ccc(NC(=O)c2ccc(C(=O)O)cc2C(=O)O)c([N+](=O)[O-])c1. The number of hydrogen-bond donors (Lipinski definition) is 3. The summed E-state index contributed by atoms with van der Waals surface area (Å²) in [5, 5.41) is 31.5. The van der Waals surface area contributed by atoms with Gasteiger partial charge in [0.2, 0.25) is 0 Å². The number of carboxylic acid groups (broad SMARTS) is 2. The summed E-state index contributed by atoms with van der Waals surface area (Å²) in [4.78, 5) is 45.0. The van der Waals surface area contributed by atoms with Gasteiger partial charge in [0, 0.05) is 6.07 Å². The molecule has 1 amide bonds. The van der Waals surface area contributed by atoms with E-state index in [9.17, 15) is 29.6 Å². The van der Waals surface area contributed by atoms with Crippen LogP contribution in [0.2, 0.25) is 0 Å². The van der Waals surface area contributed by atoms with Gasteiger partial charge in [0.25, 0.3) is 11.6 Å². The summed E-state index contributed by atoms with van der Waals surface area (Å²) < 4.78 is 0. The fourth-order valence-electron chi connectivity index (χ4n) is 2.14. The van der Waals surface area contributed by atoms with Crippen LogP contribution in [0.25, 0.3) is 0 Å². The van der Waals surface area contributed by atoms with Gasteiger partial charge in [-0.25, -0.2) is 9.59 Å². The van der Waals surface area contributed by atoms with Crippen LogP contribution in [0.3, 0.4) is 0 Å². The van der Waals surface area contributed by atoms with E-state index in [0.717, 1.165) is 18.2 Å². The lowest BCUT2D eigenvalue weighted by molar-refractivity contribution is -0.384. The highest BCUT2D eigenvalue weighted by atomic mass is 16.6. The number of carbonyl (C=O) groups is 3. The molecule has 0 radical (unpaired) electrons. The van der Waals surface area contributed by atoms with Gasteiger partial charge >= 0.3 is 11.9 Å². The first-order valence-electron chi connectivity index (χ1n) is 6.87. The number of nitrogens with zero attached hydrogens (tertiary/aromatic N) is 1. The number of aromatic carboxylic acids is 2. The van der Waals surface area contributed by atoms with Crippen molar-refractivity contribution in [1.29, 1.82) is 0 Å². The Labute approximate surface area is 140 Å². The molecular weight excluding hydrogens is 332 g/mol. The van der Waals surface area contributed by atoms with Crippen molar-refractivity contribution in [3.63, 3.8) is 0 Å². The highest BCUT2D eigenvalue weighted by Crippen LogP contribution is 2.26. The second-order valence-electron chi connectivity index (χ2n) is 5.10. The first-order chi connectivity index (χ1) is 11.7. The highest BCUT2D eigenvalue weighted by Gasteiger charge is 2.22. The monoisotopic (exact) mass is 344 g/mol. The summed E-state index contributed by atoms with van der Waals surface area (Å²) in [6.07, 6.45) is 0. The van der Waals surface area contributed by atoms with E-state index in [1.54, 1.807) is 13.0 Å². The van der Waals surface area contributed by atoms with Gasteiger partial charge in [-0.3, -0.25) is 14.9 Å². The molecule has 0 unspecified atom stereocenters. The molecule has 25 heavy (non-hydrogen) atoms. The number of amides is 1. The fraction of sp³-hybridized carbons (Fsp3) is 0.0625. The predicted molar refractivity (Wildman–Crippen MR) is 86.1 cm³/mol. The number of nitro groups is 1. The zero-order valence-corrected chi connectivity index (χ0v) is 12.8. The van der Waals surface area contributed by atoms with Crippen molar-refractivity contribution in [1.82, 2.24) is 0 Å². The van der Waals surface area contributed by atoms with Crippen LogP contribution >= 0.6 is 0 Å². The lowest BCUT2D eigenvalue weighted by Gasteiger charge is -2.09. The molecule has 0 aliphatic rings. The van der Waals surface area contributed by atoms with E-state index >= 15 is 0 Å². The average Bonchev–Trinajstić information content (AvgIpc) is 2.55. The largest absolute Gasteiger partial charge is 0.478 e. The van der Waals surface area contributed by atoms with Crippen LogP contribution in [-0.2, 0) is 0 Å². The van der Waals surface area contributed by atoms with Crippen LogP contribution in [0.5, 0.6) is 0 Å². The number of nitrogens with one attached hydrogen (secondary N) is 1. The van der Waals surface area contributed by atoms with Crippen LogP contribution in [0.1, 0.15) is 36.6 Å². The Bertz CT molecular complexity index is 905. The van der Waals surface area contributed by atoms with Gasteiger partial charge in [-0.1, -0.05) is 6.07 Å². The van der Waals surface area contributed by atoms with Gasteiger partial charge in [-0.15, -0.1) is 0 Å². The van der Waals surface area contributed by atoms with E-state index in [4.69, 9.17) is 5.11 Å². The van der Waals surface area contributed by atoms with Crippen molar-refractivity contribution in [3.05, 3.63) is 68.8 Å². The topological polar surface area (TPSA) is 147 Å². The molecule has 2 aromatic rings. The number of aryl methyl sites for hydroxylation is 1. The molecule has 0 aromatic heterocycles. The van der Waals surface area contributed by atoms with E-state index < -0.39 is 28.3 Å². The maximum absolute atomic E-state index is 12.3. The number of rotatable bonds is 5. The summed E-state index contributed by atoms with van der Waals surface area (Å²) >= 11 is 0. The minimum Gasteiger partial charge on any atom is -0.478 e. The second kappa shape index (κ2) is 6.79. The first kappa shape index (κ1) is 17.6. The summed E-state index contributed by atoms with van der Waals surface area (Å²) in [7, 11) is 0.